The van der Waals surface area contributed by atoms with Gasteiger partial charge in [-0.2, -0.15) is 0 Å². The monoisotopic (exact) mass is 229 g/mol. The quantitative estimate of drug-likeness (QED) is 0.695. The molecule has 0 N–H and O–H groups in total. The highest BCUT2D eigenvalue weighted by molar-refractivity contribution is 5.78. The summed E-state index contributed by atoms with van der Waals surface area (Å²) in [4.78, 5) is 17.9. The predicted molar refractivity (Wildman–Crippen MR) is 68.6 cm³/mol. The Morgan fingerprint density at radius 3 is 1.88 bits per heavy atom. The number of rotatable bonds is 5. The molecule has 0 aromatic heterocycles. The molecule has 0 aliphatic heterocycles. The zero-order valence-electron chi connectivity index (χ0n) is 11.9. The van der Waals surface area contributed by atoms with Gasteiger partial charge in [0.2, 0.25) is 5.91 Å². The van der Waals surface area contributed by atoms with Crippen molar-refractivity contribution in [1.29, 1.82) is 0 Å². The van der Waals surface area contributed by atoms with E-state index in [1.165, 1.54) is 0 Å². The molecule has 0 aromatic carbocycles. The van der Waals surface area contributed by atoms with Crippen LogP contribution in [0, 0.1) is 0 Å². The number of hydrogen-bond acceptors (Lipinski definition) is 3. The normalized spacial score (nSPS) is 12.3. The number of carbonyl (C=O) groups excluding carboxylic acids is 1. The van der Waals surface area contributed by atoms with E-state index in [4.69, 9.17) is 0 Å². The summed E-state index contributed by atoms with van der Waals surface area (Å²) >= 11 is 0. The van der Waals surface area contributed by atoms with Gasteiger partial charge in [-0.05, 0) is 41.9 Å². The summed E-state index contributed by atoms with van der Waals surface area (Å²) in [6.07, 6.45) is 0. The Hall–Kier alpha value is -0.610. The van der Waals surface area contributed by atoms with E-state index in [0.29, 0.717) is 6.54 Å². The molecule has 0 unspecified atom stereocenters. The Morgan fingerprint density at radius 1 is 1.00 bits per heavy atom. The summed E-state index contributed by atoms with van der Waals surface area (Å²) in [5.41, 5.74) is -0.0977. The van der Waals surface area contributed by atoms with Gasteiger partial charge in [-0.3, -0.25) is 9.69 Å². The molecule has 0 atom stereocenters. The van der Waals surface area contributed by atoms with Crippen LogP contribution in [0.3, 0.4) is 0 Å². The van der Waals surface area contributed by atoms with Crippen LogP contribution >= 0.6 is 0 Å². The van der Waals surface area contributed by atoms with Crippen molar-refractivity contribution in [3.8, 4) is 0 Å². The van der Waals surface area contributed by atoms with Crippen molar-refractivity contribution in [1.82, 2.24) is 14.7 Å². The van der Waals surface area contributed by atoms with Crippen molar-refractivity contribution in [2.24, 2.45) is 0 Å². The second-order valence-corrected chi connectivity index (χ2v) is 5.66. The van der Waals surface area contributed by atoms with Crippen LogP contribution in [0.4, 0.5) is 0 Å². The van der Waals surface area contributed by atoms with E-state index in [1.54, 1.807) is 4.90 Å². The molecule has 0 spiro atoms. The van der Waals surface area contributed by atoms with Crippen LogP contribution in [0.25, 0.3) is 0 Å². The first kappa shape index (κ1) is 15.4. The zero-order valence-corrected chi connectivity index (χ0v) is 11.9. The first-order chi connectivity index (χ1) is 7.14. The van der Waals surface area contributed by atoms with Crippen molar-refractivity contribution >= 4 is 5.91 Å². The maximum atomic E-state index is 11.9. The highest BCUT2D eigenvalue weighted by atomic mass is 16.2. The molecule has 0 saturated heterocycles. The fourth-order valence-electron chi connectivity index (χ4n) is 1.16. The van der Waals surface area contributed by atoms with Gasteiger partial charge < -0.3 is 9.80 Å². The first-order valence-electron chi connectivity index (χ1n) is 5.74. The Kier molecular flexibility index (Phi) is 5.97. The molecule has 0 aromatic rings. The number of hydrogen-bond donors (Lipinski definition) is 0. The van der Waals surface area contributed by atoms with Gasteiger partial charge in [0, 0.05) is 25.7 Å². The van der Waals surface area contributed by atoms with E-state index in [-0.39, 0.29) is 11.4 Å². The van der Waals surface area contributed by atoms with Crippen LogP contribution < -0.4 is 0 Å². The molecule has 0 aliphatic carbocycles. The lowest BCUT2D eigenvalue weighted by Crippen LogP contribution is -2.47. The number of carbonyl (C=O) groups is 1. The summed E-state index contributed by atoms with van der Waals surface area (Å²) < 4.78 is 0. The summed E-state index contributed by atoms with van der Waals surface area (Å²) in [6.45, 7) is 8.52. The van der Waals surface area contributed by atoms with E-state index in [9.17, 15) is 4.79 Å². The summed E-state index contributed by atoms with van der Waals surface area (Å²) in [5.74, 6) is 0.175. The standard InChI is InChI=1S/C12H27N3O/c1-12(2,3)15(7)11(16)10-14(6)9-8-13(4)5/h8-10H2,1-7H3. The molecule has 16 heavy (non-hydrogen) atoms. The Morgan fingerprint density at radius 2 is 1.50 bits per heavy atom. The van der Waals surface area contributed by atoms with E-state index >= 15 is 0 Å². The number of likely N-dealkylation sites (N-methyl/N-ethyl adjacent to an activating group) is 3. The molecule has 96 valence electrons. The van der Waals surface area contributed by atoms with Gasteiger partial charge in [-0.25, -0.2) is 0 Å². The van der Waals surface area contributed by atoms with Gasteiger partial charge >= 0.3 is 0 Å². The van der Waals surface area contributed by atoms with E-state index < -0.39 is 0 Å². The lowest BCUT2D eigenvalue weighted by atomic mass is 10.1. The van der Waals surface area contributed by atoms with E-state index in [1.807, 2.05) is 49.0 Å². The van der Waals surface area contributed by atoms with Gasteiger partial charge in [-0.15, -0.1) is 0 Å². The average molecular weight is 229 g/mol. The molecule has 0 aliphatic rings. The average Bonchev–Trinajstić information content (AvgIpc) is 2.11. The number of amides is 1. The molecule has 0 heterocycles. The molecule has 4 heteroatoms. The van der Waals surface area contributed by atoms with Crippen LogP contribution in [-0.4, -0.2) is 74.0 Å². The van der Waals surface area contributed by atoms with Crippen molar-refractivity contribution in [2.45, 2.75) is 26.3 Å². The first-order valence-corrected chi connectivity index (χ1v) is 5.74. The predicted octanol–water partition coefficient (Wildman–Crippen LogP) is 0.737. The molecular formula is C12H27N3O. The minimum atomic E-state index is -0.0977. The molecule has 0 saturated carbocycles. The van der Waals surface area contributed by atoms with Crippen LogP contribution in [0.2, 0.25) is 0 Å². The Labute approximate surface area is 100 Å². The van der Waals surface area contributed by atoms with Gasteiger partial charge in [0.15, 0.2) is 0 Å². The Bertz CT molecular complexity index is 221. The molecule has 0 rings (SSSR count). The third kappa shape index (κ3) is 6.08. The minimum absolute atomic E-state index is 0.0977. The summed E-state index contributed by atoms with van der Waals surface area (Å²) in [5, 5.41) is 0. The van der Waals surface area contributed by atoms with Crippen LogP contribution in [-0.2, 0) is 4.79 Å². The lowest BCUT2D eigenvalue weighted by molar-refractivity contribution is -0.135. The van der Waals surface area contributed by atoms with Crippen molar-refractivity contribution in [3.63, 3.8) is 0 Å². The zero-order chi connectivity index (χ0) is 12.9. The molecule has 0 radical (unpaired) electrons. The third-order valence-corrected chi connectivity index (χ3v) is 2.71. The van der Waals surface area contributed by atoms with Crippen LogP contribution in [0.5, 0.6) is 0 Å². The molecular weight excluding hydrogens is 202 g/mol. The Balaban J connectivity index is 4.05. The number of nitrogens with zero attached hydrogens (tertiary/aromatic N) is 3. The van der Waals surface area contributed by atoms with E-state index in [0.717, 1.165) is 13.1 Å². The fraction of sp³-hybridized carbons (Fsp3) is 0.917. The smallest absolute Gasteiger partial charge is 0.236 e. The largest absolute Gasteiger partial charge is 0.340 e. The maximum absolute atomic E-state index is 11.9. The summed E-state index contributed by atoms with van der Waals surface area (Å²) in [7, 11) is 7.92. The molecule has 0 fully saturated rings. The van der Waals surface area contributed by atoms with Gasteiger partial charge in [0.05, 0.1) is 6.54 Å². The topological polar surface area (TPSA) is 26.8 Å². The third-order valence-electron chi connectivity index (χ3n) is 2.71. The molecule has 0 bridgehead atoms. The van der Waals surface area contributed by atoms with Crippen molar-refractivity contribution in [3.05, 3.63) is 0 Å². The highest BCUT2D eigenvalue weighted by Crippen LogP contribution is 2.10. The van der Waals surface area contributed by atoms with Crippen molar-refractivity contribution in [2.75, 3.05) is 47.8 Å². The van der Waals surface area contributed by atoms with Crippen molar-refractivity contribution < 1.29 is 4.79 Å². The molecule has 4 nitrogen and oxygen atoms in total. The highest BCUT2D eigenvalue weighted by Gasteiger charge is 2.22. The van der Waals surface area contributed by atoms with Gasteiger partial charge in [-0.1, -0.05) is 0 Å². The minimum Gasteiger partial charge on any atom is -0.340 e. The second kappa shape index (κ2) is 6.21. The van der Waals surface area contributed by atoms with Crippen LogP contribution in [0.1, 0.15) is 20.8 Å². The van der Waals surface area contributed by atoms with Gasteiger partial charge in [0.1, 0.15) is 0 Å². The second-order valence-electron chi connectivity index (χ2n) is 5.66. The van der Waals surface area contributed by atoms with Gasteiger partial charge in [0.25, 0.3) is 0 Å². The van der Waals surface area contributed by atoms with Crippen LogP contribution in [0.15, 0.2) is 0 Å². The van der Waals surface area contributed by atoms with E-state index in [2.05, 4.69) is 9.80 Å². The molecule has 1 amide bonds. The maximum Gasteiger partial charge on any atom is 0.236 e. The SMILES string of the molecule is CN(C)CCN(C)CC(=O)N(C)C(C)(C)C. The summed E-state index contributed by atoms with van der Waals surface area (Å²) in [6, 6.07) is 0. The lowest BCUT2D eigenvalue weighted by Gasteiger charge is -2.33. The fourth-order valence-corrected chi connectivity index (χ4v) is 1.16.